The first-order valence-corrected chi connectivity index (χ1v) is 13.0. The van der Waals surface area contributed by atoms with E-state index in [1.54, 1.807) is 11.7 Å². The first-order valence-electron chi connectivity index (χ1n) is 13.0. The van der Waals surface area contributed by atoms with E-state index in [1.807, 2.05) is 27.0 Å². The van der Waals surface area contributed by atoms with Gasteiger partial charge in [-0.3, -0.25) is 4.79 Å². The van der Waals surface area contributed by atoms with Crippen LogP contribution in [0.2, 0.25) is 0 Å². The van der Waals surface area contributed by atoms with Crippen molar-refractivity contribution in [3.63, 3.8) is 0 Å². The molecule has 1 aliphatic heterocycles. The number of benzene rings is 1. The van der Waals surface area contributed by atoms with E-state index in [0.29, 0.717) is 46.6 Å². The van der Waals surface area contributed by atoms with Crippen LogP contribution in [0.4, 0.5) is 17.6 Å². The lowest BCUT2D eigenvalue weighted by Gasteiger charge is -2.28. The molecule has 0 radical (unpaired) electrons. The van der Waals surface area contributed by atoms with Gasteiger partial charge in [-0.05, 0) is 61.6 Å². The van der Waals surface area contributed by atoms with Gasteiger partial charge in [-0.25, -0.2) is 9.37 Å². The predicted octanol–water partition coefficient (Wildman–Crippen LogP) is 5.06. The SMILES string of the molecule is CCC(C=O)c1cc2n(c(=O)c1COC)Cc1c-2nc2cc(F)c(C)c3c2c1C(NC)CC3.O=CCC(F)(F)F. The molecule has 7 nitrogen and oxygen atoms in total. The molecule has 1 aromatic carbocycles. The summed E-state index contributed by atoms with van der Waals surface area (Å²) in [4.78, 5) is 39.4. The summed E-state index contributed by atoms with van der Waals surface area (Å²) in [5, 5.41) is 4.42. The number of ether oxygens (including phenoxy) is 1. The van der Waals surface area contributed by atoms with Gasteiger partial charge < -0.3 is 24.2 Å². The van der Waals surface area contributed by atoms with Gasteiger partial charge in [0.25, 0.3) is 5.56 Å². The van der Waals surface area contributed by atoms with Crippen LogP contribution >= 0.6 is 0 Å². The molecule has 2 atom stereocenters. The minimum Gasteiger partial charge on any atom is -0.380 e. The molecule has 3 heterocycles. The lowest BCUT2D eigenvalue weighted by molar-refractivity contribution is -0.144. The Balaban J connectivity index is 0.000000470. The molecule has 0 saturated heterocycles. The van der Waals surface area contributed by atoms with E-state index in [1.165, 1.54) is 6.07 Å². The van der Waals surface area contributed by atoms with Crippen LogP contribution in [0.25, 0.3) is 22.3 Å². The zero-order valence-corrected chi connectivity index (χ0v) is 22.7. The van der Waals surface area contributed by atoms with Crippen LogP contribution in [0.5, 0.6) is 0 Å². The molecular formula is C29H31F4N3O4. The molecule has 40 heavy (non-hydrogen) atoms. The van der Waals surface area contributed by atoms with E-state index < -0.39 is 18.5 Å². The van der Waals surface area contributed by atoms with Crippen LogP contribution in [0, 0.1) is 12.7 Å². The Morgan fingerprint density at radius 1 is 1.25 bits per heavy atom. The smallest absolute Gasteiger partial charge is 0.380 e. The first-order chi connectivity index (χ1) is 19.0. The summed E-state index contributed by atoms with van der Waals surface area (Å²) in [6.45, 7) is 4.30. The first kappa shape index (κ1) is 29.5. The number of rotatable bonds is 7. The second-order valence-corrected chi connectivity index (χ2v) is 10.0. The molecule has 2 aliphatic rings. The summed E-state index contributed by atoms with van der Waals surface area (Å²) in [7, 11) is 3.48. The molecular weight excluding hydrogens is 530 g/mol. The number of alkyl halides is 3. The summed E-state index contributed by atoms with van der Waals surface area (Å²) in [6, 6.07) is 3.53. The molecule has 3 aromatic rings. The summed E-state index contributed by atoms with van der Waals surface area (Å²) >= 11 is 0. The molecule has 214 valence electrons. The van der Waals surface area contributed by atoms with Crippen molar-refractivity contribution in [2.45, 2.75) is 70.8 Å². The second kappa shape index (κ2) is 11.6. The van der Waals surface area contributed by atoms with Crippen LogP contribution in [0.15, 0.2) is 16.9 Å². The molecule has 0 saturated carbocycles. The Labute approximate surface area is 228 Å². The monoisotopic (exact) mass is 561 g/mol. The molecule has 2 unspecified atom stereocenters. The van der Waals surface area contributed by atoms with Gasteiger partial charge in [-0.15, -0.1) is 0 Å². The fraction of sp³-hybridized carbons (Fsp3) is 0.448. The summed E-state index contributed by atoms with van der Waals surface area (Å²) in [6.07, 6.45) is -2.71. The van der Waals surface area contributed by atoms with Crippen molar-refractivity contribution in [2.75, 3.05) is 14.2 Å². The van der Waals surface area contributed by atoms with Crippen molar-refractivity contribution in [3.05, 3.63) is 61.7 Å². The number of nitrogens with one attached hydrogen (secondary N) is 1. The third-order valence-electron chi connectivity index (χ3n) is 7.73. The zero-order chi connectivity index (χ0) is 29.4. The van der Waals surface area contributed by atoms with Gasteiger partial charge in [-0.2, -0.15) is 13.2 Å². The fourth-order valence-electron chi connectivity index (χ4n) is 5.76. The van der Waals surface area contributed by atoms with Crippen LogP contribution < -0.4 is 10.9 Å². The van der Waals surface area contributed by atoms with Crippen LogP contribution in [0.3, 0.4) is 0 Å². The quantitative estimate of drug-likeness (QED) is 0.251. The van der Waals surface area contributed by atoms with Gasteiger partial charge in [0.2, 0.25) is 0 Å². The van der Waals surface area contributed by atoms with E-state index in [9.17, 15) is 27.2 Å². The number of aldehydes is 2. The molecule has 5 rings (SSSR count). The standard InChI is InChI=1S/C26H28FN3O3.C3H3F3O/c1-5-14(11-31)16-8-22-25-17(10-30(22)26(32)18(16)12-33-4)24-20(28-3)7-6-15-13(2)19(27)9-21(29-25)23(15)24;4-3(5,6)1-2-7/h8-9,11,14,20,28H,5-7,10,12H2,1-4H3;2H,1H2. The van der Waals surface area contributed by atoms with Gasteiger partial charge >= 0.3 is 6.18 Å². The van der Waals surface area contributed by atoms with Gasteiger partial charge in [0.15, 0.2) is 0 Å². The molecule has 0 amide bonds. The Hall–Kier alpha value is -3.44. The molecule has 0 bridgehead atoms. The minimum atomic E-state index is -4.32. The van der Waals surface area contributed by atoms with E-state index in [0.717, 1.165) is 41.2 Å². The average molecular weight is 562 g/mol. The normalized spacial score (nSPS) is 16.1. The average Bonchev–Trinajstić information content (AvgIpc) is 3.28. The third kappa shape index (κ3) is 5.19. The van der Waals surface area contributed by atoms with Gasteiger partial charge in [0.1, 0.15) is 18.4 Å². The molecule has 0 spiro atoms. The van der Waals surface area contributed by atoms with Crippen LogP contribution in [-0.4, -0.2) is 42.5 Å². The number of halogens is 4. The number of methoxy groups -OCH3 is 1. The zero-order valence-electron chi connectivity index (χ0n) is 22.7. The number of hydrogen-bond donors (Lipinski definition) is 1. The minimum absolute atomic E-state index is 0.0999. The van der Waals surface area contributed by atoms with Crippen LogP contribution in [0.1, 0.15) is 71.5 Å². The lowest BCUT2D eigenvalue weighted by Crippen LogP contribution is -2.27. The van der Waals surface area contributed by atoms with Crippen molar-refractivity contribution in [3.8, 4) is 11.4 Å². The molecule has 0 fully saturated rings. The summed E-state index contributed by atoms with van der Waals surface area (Å²) < 4.78 is 54.3. The summed E-state index contributed by atoms with van der Waals surface area (Å²) in [5.74, 6) is -0.648. The topological polar surface area (TPSA) is 90.3 Å². The van der Waals surface area contributed by atoms with Gasteiger partial charge in [0, 0.05) is 41.6 Å². The Kier molecular flexibility index (Phi) is 8.55. The number of aryl methyl sites for hydroxylation is 1. The number of carbonyl (C=O) groups excluding carboxylic acids is 2. The third-order valence-corrected chi connectivity index (χ3v) is 7.73. The van der Waals surface area contributed by atoms with E-state index in [-0.39, 0.29) is 30.3 Å². The largest absolute Gasteiger partial charge is 0.395 e. The Bertz CT molecular complexity index is 1530. The van der Waals surface area contributed by atoms with Crippen molar-refractivity contribution in [1.82, 2.24) is 14.9 Å². The second-order valence-electron chi connectivity index (χ2n) is 10.0. The maximum absolute atomic E-state index is 14.8. The number of fused-ring (bicyclic) bond motifs is 4. The highest BCUT2D eigenvalue weighted by Crippen LogP contribution is 2.44. The Morgan fingerprint density at radius 3 is 2.52 bits per heavy atom. The molecule has 1 N–H and O–H groups in total. The molecule has 11 heteroatoms. The van der Waals surface area contributed by atoms with Crippen LogP contribution in [-0.2, 0) is 33.9 Å². The van der Waals surface area contributed by atoms with E-state index >= 15 is 0 Å². The Morgan fingerprint density at radius 2 is 1.98 bits per heavy atom. The summed E-state index contributed by atoms with van der Waals surface area (Å²) in [5.41, 5.74) is 6.86. The van der Waals surface area contributed by atoms with Gasteiger partial charge in [-0.1, -0.05) is 6.92 Å². The lowest BCUT2D eigenvalue weighted by atomic mass is 9.82. The van der Waals surface area contributed by atoms with E-state index in [4.69, 9.17) is 14.5 Å². The maximum Gasteiger partial charge on any atom is 0.395 e. The van der Waals surface area contributed by atoms with Crippen molar-refractivity contribution < 1.29 is 31.9 Å². The van der Waals surface area contributed by atoms with Crippen molar-refractivity contribution in [1.29, 1.82) is 0 Å². The highest BCUT2D eigenvalue weighted by molar-refractivity contribution is 5.93. The highest BCUT2D eigenvalue weighted by Gasteiger charge is 2.34. The maximum atomic E-state index is 14.8. The number of hydrogen-bond acceptors (Lipinski definition) is 6. The fourth-order valence-corrected chi connectivity index (χ4v) is 5.76. The van der Waals surface area contributed by atoms with Gasteiger partial charge in [0.05, 0.1) is 36.5 Å². The predicted molar refractivity (Wildman–Crippen MR) is 142 cm³/mol. The number of pyridine rings is 2. The number of carbonyl (C=O) groups is 2. The number of nitrogens with zero attached hydrogens (tertiary/aromatic N) is 2. The molecule has 1 aliphatic carbocycles. The molecule has 2 aromatic heterocycles. The van der Waals surface area contributed by atoms with E-state index in [2.05, 4.69) is 5.32 Å². The number of aromatic nitrogens is 2. The highest BCUT2D eigenvalue weighted by atomic mass is 19.4. The van der Waals surface area contributed by atoms with Crippen molar-refractivity contribution in [2.24, 2.45) is 0 Å². The van der Waals surface area contributed by atoms with Crippen molar-refractivity contribution >= 4 is 23.5 Å².